The van der Waals surface area contributed by atoms with Gasteiger partial charge in [0.15, 0.2) is 0 Å². The molecule has 1 N–H and O–H groups in total. The zero-order valence-corrected chi connectivity index (χ0v) is 11.9. The number of hydrogen-bond donors (Lipinski definition) is 1. The molecule has 1 aliphatic heterocycles. The van der Waals surface area contributed by atoms with Gasteiger partial charge in [0.2, 0.25) is 5.13 Å². The third kappa shape index (κ3) is 2.99. The van der Waals surface area contributed by atoms with E-state index in [-0.39, 0.29) is 0 Å². The van der Waals surface area contributed by atoms with Crippen molar-refractivity contribution in [1.82, 2.24) is 19.2 Å². The largest absolute Gasteiger partial charge is 0.358 e. The summed E-state index contributed by atoms with van der Waals surface area (Å²) in [5, 5.41) is 4.41. The Balaban J connectivity index is 1.58. The first-order valence-electron chi connectivity index (χ1n) is 6.68. The van der Waals surface area contributed by atoms with E-state index in [1.165, 1.54) is 24.4 Å². The number of hydrogen-bond acceptors (Lipinski definition) is 6. The van der Waals surface area contributed by atoms with Gasteiger partial charge in [0.25, 0.3) is 0 Å². The summed E-state index contributed by atoms with van der Waals surface area (Å²) in [6.07, 6.45) is 3.53. The van der Waals surface area contributed by atoms with Crippen molar-refractivity contribution in [2.24, 2.45) is 0 Å². The Bertz CT molecular complexity index is 403. The molecule has 0 spiro atoms. The fourth-order valence-electron chi connectivity index (χ4n) is 2.33. The quantitative estimate of drug-likeness (QED) is 0.878. The van der Waals surface area contributed by atoms with Crippen LogP contribution >= 0.6 is 11.5 Å². The van der Waals surface area contributed by atoms with E-state index >= 15 is 0 Å². The van der Waals surface area contributed by atoms with Gasteiger partial charge in [-0.3, -0.25) is 0 Å². The molecule has 1 unspecified atom stereocenters. The van der Waals surface area contributed by atoms with Crippen LogP contribution in [0.5, 0.6) is 0 Å². The maximum atomic E-state index is 4.60. The molecule has 1 atom stereocenters. The van der Waals surface area contributed by atoms with Crippen molar-refractivity contribution in [3.63, 3.8) is 0 Å². The van der Waals surface area contributed by atoms with Crippen LogP contribution in [0.3, 0.4) is 0 Å². The smallest absolute Gasteiger partial charge is 0.202 e. The van der Waals surface area contributed by atoms with Crippen LogP contribution in [0.4, 0.5) is 5.13 Å². The van der Waals surface area contributed by atoms with Gasteiger partial charge in [0, 0.05) is 49.7 Å². The van der Waals surface area contributed by atoms with E-state index in [0.29, 0.717) is 12.1 Å². The lowest BCUT2D eigenvalue weighted by molar-refractivity contribution is 0.113. The Morgan fingerprint density at radius 1 is 1.33 bits per heavy atom. The Kier molecular flexibility index (Phi) is 3.50. The predicted molar refractivity (Wildman–Crippen MR) is 74.2 cm³/mol. The summed E-state index contributed by atoms with van der Waals surface area (Å²) >= 11 is 1.50. The number of piperazine rings is 1. The number of anilines is 1. The van der Waals surface area contributed by atoms with Crippen molar-refractivity contribution in [3.8, 4) is 0 Å². The summed E-state index contributed by atoms with van der Waals surface area (Å²) < 4.78 is 4.47. The highest BCUT2D eigenvalue weighted by Crippen LogP contribution is 2.25. The van der Waals surface area contributed by atoms with Gasteiger partial charge in [0.05, 0.1) is 0 Å². The molecule has 5 nitrogen and oxygen atoms in total. The Morgan fingerprint density at radius 2 is 2.17 bits per heavy atom. The second-order valence-electron chi connectivity index (χ2n) is 5.54. The molecule has 2 aliphatic rings. The maximum absolute atomic E-state index is 4.60. The minimum atomic E-state index is 0.548. The molecule has 2 fully saturated rings. The van der Waals surface area contributed by atoms with Crippen molar-refractivity contribution in [1.29, 1.82) is 0 Å². The highest BCUT2D eigenvalue weighted by molar-refractivity contribution is 7.09. The summed E-state index contributed by atoms with van der Waals surface area (Å²) in [7, 11) is 4.39. The van der Waals surface area contributed by atoms with Gasteiger partial charge in [-0.2, -0.15) is 4.37 Å². The Labute approximate surface area is 112 Å². The van der Waals surface area contributed by atoms with Gasteiger partial charge in [0.1, 0.15) is 5.82 Å². The molecule has 1 saturated heterocycles. The van der Waals surface area contributed by atoms with Crippen LogP contribution < -0.4 is 5.32 Å². The van der Waals surface area contributed by atoms with E-state index in [9.17, 15) is 0 Å². The molecule has 3 rings (SSSR count). The summed E-state index contributed by atoms with van der Waals surface area (Å²) in [5.74, 6) is 0.996. The number of rotatable bonds is 4. The average molecular weight is 267 g/mol. The lowest BCUT2D eigenvalue weighted by Crippen LogP contribution is -2.50. The lowest BCUT2D eigenvalue weighted by atomic mass is 10.1. The first kappa shape index (κ1) is 12.3. The van der Waals surface area contributed by atoms with Crippen LogP contribution in [0.15, 0.2) is 0 Å². The third-order valence-electron chi connectivity index (χ3n) is 3.77. The zero-order chi connectivity index (χ0) is 12.5. The van der Waals surface area contributed by atoms with Gasteiger partial charge < -0.3 is 15.1 Å². The first-order valence-corrected chi connectivity index (χ1v) is 7.46. The molecule has 1 aromatic heterocycles. The standard InChI is InChI=1S/C12H21N5S/c1-16-5-6-17(2)10(8-16)7-11-14-12(18-15-11)13-9-3-4-9/h9-10H,3-8H2,1-2H3,(H,13,14,15). The van der Waals surface area contributed by atoms with E-state index in [4.69, 9.17) is 0 Å². The van der Waals surface area contributed by atoms with Crippen LogP contribution in [0, 0.1) is 0 Å². The Morgan fingerprint density at radius 3 is 2.94 bits per heavy atom. The van der Waals surface area contributed by atoms with Gasteiger partial charge in [-0.05, 0) is 26.9 Å². The van der Waals surface area contributed by atoms with E-state index in [2.05, 4.69) is 38.6 Å². The zero-order valence-electron chi connectivity index (χ0n) is 11.1. The normalized spacial score (nSPS) is 26.4. The maximum Gasteiger partial charge on any atom is 0.202 e. The van der Waals surface area contributed by atoms with Gasteiger partial charge in [-0.25, -0.2) is 4.98 Å². The average Bonchev–Trinajstić information content (AvgIpc) is 3.04. The summed E-state index contributed by atoms with van der Waals surface area (Å²) in [5.41, 5.74) is 0. The molecule has 100 valence electrons. The van der Waals surface area contributed by atoms with Crippen LogP contribution in [0.1, 0.15) is 18.7 Å². The van der Waals surface area contributed by atoms with E-state index in [1.54, 1.807) is 0 Å². The number of nitrogens with zero attached hydrogens (tertiary/aromatic N) is 4. The fraction of sp³-hybridized carbons (Fsp3) is 0.833. The minimum absolute atomic E-state index is 0.548. The fourth-order valence-corrected chi connectivity index (χ4v) is 3.00. The SMILES string of the molecule is CN1CCN(C)C(Cc2nsc(NC3CC3)n2)C1. The van der Waals surface area contributed by atoms with Crippen molar-refractivity contribution < 1.29 is 0 Å². The summed E-state index contributed by atoms with van der Waals surface area (Å²) in [6.45, 7) is 3.41. The van der Waals surface area contributed by atoms with Crippen LogP contribution in [-0.2, 0) is 6.42 Å². The van der Waals surface area contributed by atoms with Gasteiger partial charge in [-0.1, -0.05) is 0 Å². The molecule has 0 bridgehead atoms. The van der Waals surface area contributed by atoms with E-state index in [0.717, 1.165) is 37.0 Å². The van der Waals surface area contributed by atoms with Gasteiger partial charge >= 0.3 is 0 Å². The summed E-state index contributed by atoms with van der Waals surface area (Å²) in [4.78, 5) is 9.41. The number of nitrogens with one attached hydrogen (secondary N) is 1. The van der Waals surface area contributed by atoms with Crippen molar-refractivity contribution in [2.45, 2.75) is 31.3 Å². The highest BCUT2D eigenvalue weighted by atomic mass is 32.1. The van der Waals surface area contributed by atoms with E-state index in [1.807, 2.05) is 0 Å². The molecule has 1 saturated carbocycles. The van der Waals surface area contributed by atoms with Gasteiger partial charge in [-0.15, -0.1) is 0 Å². The van der Waals surface area contributed by atoms with Crippen LogP contribution in [-0.4, -0.2) is 65.0 Å². The molecule has 2 heterocycles. The lowest BCUT2D eigenvalue weighted by Gasteiger charge is -2.37. The second kappa shape index (κ2) is 5.11. The second-order valence-corrected chi connectivity index (χ2v) is 6.29. The van der Waals surface area contributed by atoms with Crippen LogP contribution in [0.2, 0.25) is 0 Å². The van der Waals surface area contributed by atoms with Crippen molar-refractivity contribution in [2.75, 3.05) is 39.0 Å². The van der Waals surface area contributed by atoms with Crippen LogP contribution in [0.25, 0.3) is 0 Å². The minimum Gasteiger partial charge on any atom is -0.358 e. The Hall–Kier alpha value is -0.720. The molecular formula is C12H21N5S. The highest BCUT2D eigenvalue weighted by Gasteiger charge is 2.25. The molecule has 0 radical (unpaired) electrons. The monoisotopic (exact) mass is 267 g/mol. The van der Waals surface area contributed by atoms with E-state index < -0.39 is 0 Å². The van der Waals surface area contributed by atoms with Crippen molar-refractivity contribution >= 4 is 16.7 Å². The molecule has 18 heavy (non-hydrogen) atoms. The molecule has 0 amide bonds. The molecule has 1 aromatic rings. The molecular weight excluding hydrogens is 246 g/mol. The first-order chi connectivity index (χ1) is 8.70. The molecule has 6 heteroatoms. The third-order valence-corrected chi connectivity index (χ3v) is 4.46. The predicted octanol–water partition coefficient (Wildman–Crippen LogP) is 0.901. The number of aromatic nitrogens is 2. The van der Waals surface area contributed by atoms with Crippen molar-refractivity contribution in [3.05, 3.63) is 5.82 Å². The topological polar surface area (TPSA) is 44.3 Å². The number of likely N-dealkylation sites (N-methyl/N-ethyl adjacent to an activating group) is 2. The molecule has 0 aromatic carbocycles. The molecule has 1 aliphatic carbocycles. The summed E-state index contributed by atoms with van der Waals surface area (Å²) in [6, 6.07) is 1.21.